The summed E-state index contributed by atoms with van der Waals surface area (Å²) in [5.74, 6) is 0.470. The molecular formula is C8H14ClNO. The van der Waals surface area contributed by atoms with E-state index in [0.29, 0.717) is 12.3 Å². The van der Waals surface area contributed by atoms with Gasteiger partial charge in [0.2, 0.25) is 0 Å². The van der Waals surface area contributed by atoms with Crippen molar-refractivity contribution >= 4 is 17.4 Å². The van der Waals surface area contributed by atoms with E-state index in [2.05, 4.69) is 6.58 Å². The van der Waals surface area contributed by atoms with Gasteiger partial charge in [-0.05, 0) is 19.8 Å². The van der Waals surface area contributed by atoms with Crippen LogP contribution >= 0.6 is 11.6 Å². The quantitative estimate of drug-likeness (QED) is 0.508. The summed E-state index contributed by atoms with van der Waals surface area (Å²) in [7, 11) is 0. The first-order chi connectivity index (χ1) is 5.07. The third kappa shape index (κ3) is 4.99. The number of hydrogen-bond acceptors (Lipinski definition) is 2. The van der Waals surface area contributed by atoms with Crippen LogP contribution < -0.4 is 5.73 Å². The van der Waals surface area contributed by atoms with Gasteiger partial charge in [0.1, 0.15) is 5.78 Å². The molecule has 3 heteroatoms. The van der Waals surface area contributed by atoms with Gasteiger partial charge >= 0.3 is 0 Å². The predicted molar refractivity (Wildman–Crippen MR) is 47.8 cm³/mol. The average Bonchev–Trinajstić information content (AvgIpc) is 1.99. The van der Waals surface area contributed by atoms with Crippen LogP contribution in [-0.2, 0) is 4.79 Å². The Morgan fingerprint density at radius 1 is 1.73 bits per heavy atom. The molecule has 0 amide bonds. The zero-order valence-electron chi connectivity index (χ0n) is 6.77. The molecule has 0 rings (SSSR count). The maximum Gasteiger partial charge on any atom is 0.146 e. The Balaban J connectivity index is 3.54. The van der Waals surface area contributed by atoms with Gasteiger partial charge < -0.3 is 5.73 Å². The maximum atomic E-state index is 10.7. The van der Waals surface area contributed by atoms with Crippen LogP contribution in [0.3, 0.4) is 0 Å². The van der Waals surface area contributed by atoms with Crippen molar-refractivity contribution < 1.29 is 4.79 Å². The first-order valence-electron chi connectivity index (χ1n) is 3.56. The summed E-state index contributed by atoms with van der Waals surface area (Å²) < 4.78 is 0. The summed E-state index contributed by atoms with van der Waals surface area (Å²) in [6.07, 6.45) is 1.39. The number of carbonyl (C=O) groups is 1. The minimum atomic E-state index is -0.352. The van der Waals surface area contributed by atoms with Crippen LogP contribution in [0, 0.1) is 0 Å². The van der Waals surface area contributed by atoms with Crippen molar-refractivity contribution in [1.29, 1.82) is 0 Å². The van der Waals surface area contributed by atoms with Crippen molar-refractivity contribution in [1.82, 2.24) is 0 Å². The fourth-order valence-corrected chi connectivity index (χ4v) is 0.763. The molecule has 0 aromatic carbocycles. The topological polar surface area (TPSA) is 43.1 Å². The van der Waals surface area contributed by atoms with Crippen LogP contribution in [0.5, 0.6) is 0 Å². The van der Waals surface area contributed by atoms with E-state index in [9.17, 15) is 4.79 Å². The fourth-order valence-electron chi connectivity index (χ4n) is 0.630. The highest BCUT2D eigenvalue weighted by molar-refractivity contribution is 6.19. The first-order valence-corrected chi connectivity index (χ1v) is 4.10. The number of nitrogens with two attached hydrogens (primary N) is 1. The second-order valence-electron chi connectivity index (χ2n) is 2.64. The van der Waals surface area contributed by atoms with E-state index in [0.717, 1.165) is 12.0 Å². The first kappa shape index (κ1) is 10.7. The summed E-state index contributed by atoms with van der Waals surface area (Å²) in [5, 5.41) is 0. The fraction of sp³-hybridized carbons (Fsp3) is 0.625. The molecule has 0 saturated carbocycles. The molecule has 0 aliphatic rings. The Bertz CT molecular complexity index is 156. The second-order valence-corrected chi connectivity index (χ2v) is 2.91. The highest BCUT2D eigenvalue weighted by atomic mass is 35.5. The van der Waals surface area contributed by atoms with E-state index in [-0.39, 0.29) is 11.8 Å². The largest absolute Gasteiger partial charge is 0.322 e. The minimum Gasteiger partial charge on any atom is -0.322 e. The molecular weight excluding hydrogens is 162 g/mol. The molecule has 0 radical (unpaired) electrons. The number of ketones is 1. The maximum absolute atomic E-state index is 10.7. The Labute approximate surface area is 72.4 Å². The average molecular weight is 176 g/mol. The van der Waals surface area contributed by atoms with Gasteiger partial charge in [-0.15, -0.1) is 11.6 Å². The van der Waals surface area contributed by atoms with E-state index in [1.165, 1.54) is 6.92 Å². The van der Waals surface area contributed by atoms with E-state index < -0.39 is 0 Å². The molecule has 2 N–H and O–H groups in total. The third-order valence-corrected chi connectivity index (χ3v) is 1.90. The normalized spacial score (nSPS) is 12.6. The van der Waals surface area contributed by atoms with Gasteiger partial charge in [0.15, 0.2) is 0 Å². The van der Waals surface area contributed by atoms with Gasteiger partial charge in [-0.3, -0.25) is 4.79 Å². The van der Waals surface area contributed by atoms with Crippen LogP contribution in [0.4, 0.5) is 0 Å². The lowest BCUT2D eigenvalue weighted by molar-refractivity contribution is -0.118. The summed E-state index contributed by atoms with van der Waals surface area (Å²) in [6, 6.07) is -0.352. The van der Waals surface area contributed by atoms with Crippen LogP contribution in [0.2, 0.25) is 0 Å². The molecule has 0 aromatic heterocycles. The molecule has 0 saturated heterocycles. The SMILES string of the molecule is C=C(CCl)CC[C@H](N)C(C)=O. The molecule has 1 atom stereocenters. The van der Waals surface area contributed by atoms with Crippen LogP contribution in [-0.4, -0.2) is 17.7 Å². The zero-order chi connectivity index (χ0) is 8.85. The van der Waals surface area contributed by atoms with Gasteiger partial charge in [0, 0.05) is 5.88 Å². The van der Waals surface area contributed by atoms with Crippen molar-refractivity contribution in [3.8, 4) is 0 Å². The summed E-state index contributed by atoms with van der Waals surface area (Å²) in [5.41, 5.74) is 6.42. The van der Waals surface area contributed by atoms with Crippen molar-refractivity contribution in [2.24, 2.45) is 5.73 Å². The monoisotopic (exact) mass is 175 g/mol. The lowest BCUT2D eigenvalue weighted by atomic mass is 10.1. The molecule has 0 bridgehead atoms. The zero-order valence-corrected chi connectivity index (χ0v) is 7.53. The minimum absolute atomic E-state index is 0.0207. The van der Waals surface area contributed by atoms with Crippen molar-refractivity contribution in [2.75, 3.05) is 5.88 Å². The predicted octanol–water partition coefficient (Wildman–Crippen LogP) is 1.48. The molecule has 0 heterocycles. The Morgan fingerprint density at radius 2 is 2.27 bits per heavy atom. The lowest BCUT2D eigenvalue weighted by Crippen LogP contribution is -2.28. The van der Waals surface area contributed by atoms with E-state index >= 15 is 0 Å². The standard InChI is InChI=1S/C8H14ClNO/c1-6(5-9)3-4-8(10)7(2)11/h8H,1,3-5,10H2,2H3/t8-/m0/s1. The molecule has 0 spiro atoms. The Kier molecular flexibility index (Phi) is 5.16. The summed E-state index contributed by atoms with van der Waals surface area (Å²) in [6.45, 7) is 5.20. The van der Waals surface area contributed by atoms with Crippen LogP contribution in [0.1, 0.15) is 19.8 Å². The van der Waals surface area contributed by atoms with Gasteiger partial charge in [0.05, 0.1) is 6.04 Å². The molecule has 11 heavy (non-hydrogen) atoms. The van der Waals surface area contributed by atoms with Gasteiger partial charge in [-0.1, -0.05) is 12.2 Å². The number of hydrogen-bond donors (Lipinski definition) is 1. The highest BCUT2D eigenvalue weighted by Crippen LogP contribution is 2.06. The third-order valence-electron chi connectivity index (χ3n) is 1.52. The molecule has 0 aliphatic carbocycles. The number of rotatable bonds is 5. The molecule has 0 aliphatic heterocycles. The van der Waals surface area contributed by atoms with Crippen molar-refractivity contribution in [3.05, 3.63) is 12.2 Å². The second kappa shape index (κ2) is 5.33. The number of Topliss-reactive ketones (excluding diaryl/α,β-unsaturated/α-hetero) is 1. The highest BCUT2D eigenvalue weighted by Gasteiger charge is 2.07. The summed E-state index contributed by atoms with van der Waals surface area (Å²) >= 11 is 5.49. The molecule has 2 nitrogen and oxygen atoms in total. The molecule has 0 aromatic rings. The Morgan fingerprint density at radius 3 is 2.64 bits per heavy atom. The number of halogens is 1. The number of allylic oxidation sites excluding steroid dienone is 1. The van der Waals surface area contributed by atoms with Crippen molar-refractivity contribution in [3.63, 3.8) is 0 Å². The van der Waals surface area contributed by atoms with Gasteiger partial charge in [0.25, 0.3) is 0 Å². The van der Waals surface area contributed by atoms with Crippen molar-refractivity contribution in [2.45, 2.75) is 25.8 Å². The van der Waals surface area contributed by atoms with E-state index in [4.69, 9.17) is 17.3 Å². The molecule has 0 unspecified atom stereocenters. The van der Waals surface area contributed by atoms with Gasteiger partial charge in [-0.2, -0.15) is 0 Å². The van der Waals surface area contributed by atoms with Gasteiger partial charge in [-0.25, -0.2) is 0 Å². The number of alkyl halides is 1. The van der Waals surface area contributed by atoms with Crippen LogP contribution in [0.25, 0.3) is 0 Å². The summed E-state index contributed by atoms with van der Waals surface area (Å²) in [4.78, 5) is 10.7. The van der Waals surface area contributed by atoms with E-state index in [1.54, 1.807) is 0 Å². The van der Waals surface area contributed by atoms with Crippen LogP contribution in [0.15, 0.2) is 12.2 Å². The molecule has 0 fully saturated rings. The smallest absolute Gasteiger partial charge is 0.146 e. The number of carbonyl (C=O) groups excluding carboxylic acids is 1. The Hall–Kier alpha value is -0.340. The van der Waals surface area contributed by atoms with E-state index in [1.807, 2.05) is 0 Å². The molecule has 64 valence electrons. The lowest BCUT2D eigenvalue weighted by Gasteiger charge is -2.06.